The number of aromatic nitrogens is 2. The predicted molar refractivity (Wildman–Crippen MR) is 119 cm³/mol. The molecule has 9 heteroatoms. The number of amides is 2. The molecule has 3 aromatic rings. The number of anilines is 2. The van der Waals surface area contributed by atoms with E-state index in [0.717, 1.165) is 10.6 Å². The molecule has 2 aromatic heterocycles. The molecule has 0 bridgehead atoms. The van der Waals surface area contributed by atoms with Crippen LogP contribution in [0.25, 0.3) is 0 Å². The smallest absolute Gasteiger partial charge is 0.255 e. The average Bonchev–Trinajstić information content (AvgIpc) is 3.32. The van der Waals surface area contributed by atoms with Gasteiger partial charge in [-0.3, -0.25) is 9.59 Å². The first-order chi connectivity index (χ1) is 15.2. The number of methoxy groups -OCH3 is 1. The van der Waals surface area contributed by atoms with E-state index in [2.05, 4.69) is 15.3 Å². The van der Waals surface area contributed by atoms with Gasteiger partial charge in [-0.2, -0.15) is 0 Å². The monoisotopic (exact) mass is 437 g/mol. The number of ether oxygens (including phenoxy) is 1. The highest BCUT2D eigenvalue weighted by molar-refractivity contribution is 7.09. The number of thiazole rings is 1. The normalized spacial score (nSPS) is 12.9. The zero-order valence-corrected chi connectivity index (χ0v) is 18.0. The summed E-state index contributed by atoms with van der Waals surface area (Å²) in [4.78, 5) is 38.0. The van der Waals surface area contributed by atoms with Crippen LogP contribution in [0.2, 0.25) is 0 Å². The van der Waals surface area contributed by atoms with Gasteiger partial charge in [-0.15, -0.1) is 11.3 Å². The van der Waals surface area contributed by atoms with Crippen LogP contribution in [0.3, 0.4) is 0 Å². The summed E-state index contributed by atoms with van der Waals surface area (Å²) < 4.78 is 5.18. The van der Waals surface area contributed by atoms with E-state index in [1.807, 2.05) is 35.7 Å². The lowest BCUT2D eigenvalue weighted by Gasteiger charge is -2.30. The van der Waals surface area contributed by atoms with E-state index in [1.54, 1.807) is 35.4 Å². The summed E-state index contributed by atoms with van der Waals surface area (Å²) in [5.74, 6) is 0.345. The molecule has 0 saturated heterocycles. The third-order valence-corrected chi connectivity index (χ3v) is 5.72. The van der Waals surface area contributed by atoms with Crippen molar-refractivity contribution in [2.75, 3.05) is 37.0 Å². The maximum absolute atomic E-state index is 13.3. The third kappa shape index (κ3) is 4.89. The Kier molecular flexibility index (Phi) is 6.54. The van der Waals surface area contributed by atoms with Crippen molar-refractivity contribution in [1.82, 2.24) is 14.9 Å². The Morgan fingerprint density at radius 2 is 2.13 bits per heavy atom. The SMILES string of the molecule is COCCN(Cc1nccs1)C(=O)c1cnc2c(c1)N(Cc1ccccc1)C(=O)CN2. The second-order valence-corrected chi connectivity index (χ2v) is 8.04. The molecule has 1 N–H and O–H groups in total. The molecule has 0 spiro atoms. The molecular weight excluding hydrogens is 414 g/mol. The Hall–Kier alpha value is -3.30. The Morgan fingerprint density at radius 3 is 2.87 bits per heavy atom. The maximum atomic E-state index is 13.3. The molecule has 8 nitrogen and oxygen atoms in total. The summed E-state index contributed by atoms with van der Waals surface area (Å²) in [6.45, 7) is 1.82. The van der Waals surface area contributed by atoms with E-state index in [-0.39, 0.29) is 18.4 Å². The highest BCUT2D eigenvalue weighted by Gasteiger charge is 2.27. The number of fused-ring (bicyclic) bond motifs is 1. The van der Waals surface area contributed by atoms with Gasteiger partial charge in [-0.25, -0.2) is 9.97 Å². The Balaban J connectivity index is 1.61. The van der Waals surface area contributed by atoms with Crippen molar-refractivity contribution in [3.63, 3.8) is 0 Å². The van der Waals surface area contributed by atoms with Crippen LogP contribution in [-0.4, -0.2) is 53.5 Å². The Bertz CT molecular complexity index is 1040. The van der Waals surface area contributed by atoms with Crippen molar-refractivity contribution in [2.45, 2.75) is 13.1 Å². The maximum Gasteiger partial charge on any atom is 0.255 e. The molecule has 31 heavy (non-hydrogen) atoms. The van der Waals surface area contributed by atoms with Crippen molar-refractivity contribution in [3.8, 4) is 0 Å². The number of hydrogen-bond acceptors (Lipinski definition) is 7. The van der Waals surface area contributed by atoms with Crippen LogP contribution in [0.15, 0.2) is 54.2 Å². The van der Waals surface area contributed by atoms with Gasteiger partial charge in [0.2, 0.25) is 5.91 Å². The van der Waals surface area contributed by atoms with E-state index in [4.69, 9.17) is 4.74 Å². The largest absolute Gasteiger partial charge is 0.383 e. The van der Waals surface area contributed by atoms with Gasteiger partial charge in [-0.1, -0.05) is 30.3 Å². The summed E-state index contributed by atoms with van der Waals surface area (Å²) in [5.41, 5.74) is 2.03. The molecule has 1 aliphatic rings. The summed E-state index contributed by atoms with van der Waals surface area (Å²) >= 11 is 1.50. The van der Waals surface area contributed by atoms with Crippen molar-refractivity contribution in [3.05, 3.63) is 70.3 Å². The topological polar surface area (TPSA) is 87.7 Å². The summed E-state index contributed by atoms with van der Waals surface area (Å²) in [6, 6.07) is 11.5. The molecule has 1 aliphatic heterocycles. The molecule has 160 valence electrons. The molecule has 0 atom stereocenters. The quantitative estimate of drug-likeness (QED) is 0.583. The second-order valence-electron chi connectivity index (χ2n) is 7.06. The zero-order chi connectivity index (χ0) is 21.6. The lowest BCUT2D eigenvalue weighted by molar-refractivity contribution is -0.117. The lowest BCUT2D eigenvalue weighted by Crippen LogP contribution is -2.40. The van der Waals surface area contributed by atoms with E-state index in [0.29, 0.717) is 43.3 Å². The molecule has 0 aliphatic carbocycles. The fourth-order valence-corrected chi connectivity index (χ4v) is 4.00. The van der Waals surface area contributed by atoms with Gasteiger partial charge in [0.15, 0.2) is 5.82 Å². The van der Waals surface area contributed by atoms with Gasteiger partial charge in [-0.05, 0) is 11.6 Å². The molecule has 4 rings (SSSR count). The zero-order valence-electron chi connectivity index (χ0n) is 17.2. The van der Waals surface area contributed by atoms with E-state index >= 15 is 0 Å². The molecule has 0 unspecified atom stereocenters. The number of hydrogen-bond donors (Lipinski definition) is 1. The van der Waals surface area contributed by atoms with Crippen LogP contribution in [0.1, 0.15) is 20.9 Å². The molecule has 0 radical (unpaired) electrons. The number of rotatable bonds is 8. The van der Waals surface area contributed by atoms with Crippen LogP contribution in [0.5, 0.6) is 0 Å². The van der Waals surface area contributed by atoms with Crippen LogP contribution in [-0.2, 0) is 22.6 Å². The van der Waals surface area contributed by atoms with Gasteiger partial charge in [0, 0.05) is 31.4 Å². The number of carbonyl (C=O) groups is 2. The first-order valence-electron chi connectivity index (χ1n) is 9.90. The van der Waals surface area contributed by atoms with Crippen LogP contribution >= 0.6 is 11.3 Å². The van der Waals surface area contributed by atoms with Crippen molar-refractivity contribution in [1.29, 1.82) is 0 Å². The molecular formula is C22H23N5O3S. The minimum atomic E-state index is -0.180. The molecule has 2 amide bonds. The van der Waals surface area contributed by atoms with E-state index in [9.17, 15) is 9.59 Å². The van der Waals surface area contributed by atoms with Gasteiger partial charge in [0.25, 0.3) is 5.91 Å². The third-order valence-electron chi connectivity index (χ3n) is 4.96. The van der Waals surface area contributed by atoms with Crippen LogP contribution in [0.4, 0.5) is 11.5 Å². The van der Waals surface area contributed by atoms with Crippen molar-refractivity contribution in [2.24, 2.45) is 0 Å². The minimum Gasteiger partial charge on any atom is -0.383 e. The minimum absolute atomic E-state index is 0.0678. The Morgan fingerprint density at radius 1 is 1.29 bits per heavy atom. The number of nitrogens with zero attached hydrogens (tertiary/aromatic N) is 4. The van der Waals surface area contributed by atoms with E-state index < -0.39 is 0 Å². The number of benzene rings is 1. The highest BCUT2D eigenvalue weighted by atomic mass is 32.1. The molecule has 0 saturated carbocycles. The first-order valence-corrected chi connectivity index (χ1v) is 10.8. The lowest BCUT2D eigenvalue weighted by atomic mass is 10.1. The van der Waals surface area contributed by atoms with Gasteiger partial charge < -0.3 is 19.9 Å². The van der Waals surface area contributed by atoms with Crippen LogP contribution in [0, 0.1) is 0 Å². The number of carbonyl (C=O) groups excluding carboxylic acids is 2. The first kappa shape index (κ1) is 21.0. The summed E-state index contributed by atoms with van der Waals surface area (Å²) in [5, 5.41) is 5.77. The molecule has 0 fully saturated rings. The van der Waals surface area contributed by atoms with Gasteiger partial charge in [0.1, 0.15) is 5.01 Å². The van der Waals surface area contributed by atoms with Gasteiger partial charge >= 0.3 is 0 Å². The molecule has 3 heterocycles. The predicted octanol–water partition coefficient (Wildman–Crippen LogP) is 2.79. The fourth-order valence-electron chi connectivity index (χ4n) is 3.37. The van der Waals surface area contributed by atoms with Crippen LogP contribution < -0.4 is 10.2 Å². The summed E-state index contributed by atoms with van der Waals surface area (Å²) in [7, 11) is 1.60. The van der Waals surface area contributed by atoms with Gasteiger partial charge in [0.05, 0.1) is 37.5 Å². The second kappa shape index (κ2) is 9.67. The standard InChI is InChI=1S/C22H23N5O3S/c1-30-9-8-26(15-19-23-7-10-31-19)22(29)17-11-18-21(24-12-17)25-13-20(28)27(18)14-16-5-3-2-4-6-16/h2-7,10-12H,8-9,13-15H2,1H3,(H,24,25). The fraction of sp³-hybridized carbons (Fsp3) is 0.273. The summed E-state index contributed by atoms with van der Waals surface area (Å²) in [6.07, 6.45) is 3.27. The van der Waals surface area contributed by atoms with Crippen molar-refractivity contribution >= 4 is 34.7 Å². The molecule has 1 aromatic carbocycles. The average molecular weight is 438 g/mol. The van der Waals surface area contributed by atoms with Crippen molar-refractivity contribution < 1.29 is 14.3 Å². The Labute approximate surface area is 184 Å². The van der Waals surface area contributed by atoms with E-state index in [1.165, 1.54) is 11.3 Å². The number of nitrogens with one attached hydrogen (secondary N) is 1. The highest BCUT2D eigenvalue weighted by Crippen LogP contribution is 2.30. The number of pyridine rings is 1.